The SMILES string of the molecule is O=C(CN1CCCN(CC(=O)Nc2ccccc2)CC1)Nc1ccccc1. The van der Waals surface area contributed by atoms with Gasteiger partial charge in [0.05, 0.1) is 13.1 Å². The van der Waals surface area contributed by atoms with Gasteiger partial charge in [-0.05, 0) is 43.8 Å². The Labute approximate surface area is 160 Å². The molecule has 1 aliphatic heterocycles. The number of benzene rings is 2. The molecule has 6 heteroatoms. The van der Waals surface area contributed by atoms with E-state index in [2.05, 4.69) is 20.4 Å². The van der Waals surface area contributed by atoms with Crippen molar-refractivity contribution in [2.45, 2.75) is 6.42 Å². The Hall–Kier alpha value is -2.70. The Balaban J connectivity index is 1.42. The number of amides is 2. The molecule has 0 aliphatic carbocycles. The largest absolute Gasteiger partial charge is 0.325 e. The van der Waals surface area contributed by atoms with Crippen molar-refractivity contribution in [3.8, 4) is 0 Å². The Morgan fingerprint density at radius 1 is 0.667 bits per heavy atom. The molecule has 2 aromatic carbocycles. The fourth-order valence-electron chi connectivity index (χ4n) is 3.19. The van der Waals surface area contributed by atoms with Gasteiger partial charge in [0.2, 0.25) is 11.8 Å². The Morgan fingerprint density at radius 2 is 1.07 bits per heavy atom. The van der Waals surface area contributed by atoms with Crippen molar-refractivity contribution in [3.05, 3.63) is 60.7 Å². The number of hydrogen-bond donors (Lipinski definition) is 2. The zero-order valence-corrected chi connectivity index (χ0v) is 15.4. The van der Waals surface area contributed by atoms with Gasteiger partial charge in [-0.1, -0.05) is 36.4 Å². The highest BCUT2D eigenvalue weighted by molar-refractivity contribution is 5.92. The minimum absolute atomic E-state index is 0.00327. The number of para-hydroxylation sites is 2. The van der Waals surface area contributed by atoms with Gasteiger partial charge in [0.1, 0.15) is 0 Å². The van der Waals surface area contributed by atoms with Crippen LogP contribution in [0.3, 0.4) is 0 Å². The average Bonchev–Trinajstić information content (AvgIpc) is 2.88. The van der Waals surface area contributed by atoms with Crippen LogP contribution in [0.2, 0.25) is 0 Å². The monoisotopic (exact) mass is 366 g/mol. The molecule has 1 fully saturated rings. The third-order valence-corrected chi connectivity index (χ3v) is 4.53. The molecule has 0 unspecified atom stereocenters. The first-order valence-corrected chi connectivity index (χ1v) is 9.33. The van der Waals surface area contributed by atoms with Gasteiger partial charge in [-0.3, -0.25) is 19.4 Å². The van der Waals surface area contributed by atoms with E-state index in [0.29, 0.717) is 13.1 Å². The van der Waals surface area contributed by atoms with Crippen LogP contribution in [-0.2, 0) is 9.59 Å². The van der Waals surface area contributed by atoms with Crippen LogP contribution in [0.15, 0.2) is 60.7 Å². The molecular formula is C21H26N4O2. The lowest BCUT2D eigenvalue weighted by Crippen LogP contribution is -2.38. The summed E-state index contributed by atoms with van der Waals surface area (Å²) in [5.74, 6) is -0.00654. The van der Waals surface area contributed by atoms with E-state index in [1.54, 1.807) is 0 Å². The molecule has 2 N–H and O–H groups in total. The number of carbonyl (C=O) groups is 2. The van der Waals surface area contributed by atoms with Crippen molar-refractivity contribution in [1.82, 2.24) is 9.80 Å². The van der Waals surface area contributed by atoms with E-state index in [4.69, 9.17) is 0 Å². The molecule has 0 radical (unpaired) electrons. The van der Waals surface area contributed by atoms with Crippen molar-refractivity contribution in [3.63, 3.8) is 0 Å². The molecule has 0 spiro atoms. The second-order valence-electron chi connectivity index (χ2n) is 6.73. The van der Waals surface area contributed by atoms with Crippen molar-refractivity contribution in [2.75, 3.05) is 49.9 Å². The average molecular weight is 366 g/mol. The van der Waals surface area contributed by atoms with Gasteiger partial charge in [-0.15, -0.1) is 0 Å². The smallest absolute Gasteiger partial charge is 0.238 e. The molecule has 2 aromatic rings. The number of nitrogens with one attached hydrogen (secondary N) is 2. The van der Waals surface area contributed by atoms with Crippen LogP contribution in [0.4, 0.5) is 11.4 Å². The normalized spacial score (nSPS) is 15.7. The van der Waals surface area contributed by atoms with Crippen LogP contribution in [0.25, 0.3) is 0 Å². The molecule has 3 rings (SSSR count). The minimum atomic E-state index is -0.00327. The molecule has 0 aromatic heterocycles. The van der Waals surface area contributed by atoms with Crippen molar-refractivity contribution in [2.24, 2.45) is 0 Å². The maximum atomic E-state index is 12.2. The van der Waals surface area contributed by atoms with Crippen LogP contribution < -0.4 is 10.6 Å². The zero-order chi connectivity index (χ0) is 18.9. The summed E-state index contributed by atoms with van der Waals surface area (Å²) in [7, 11) is 0. The third kappa shape index (κ3) is 6.51. The predicted molar refractivity (Wildman–Crippen MR) is 108 cm³/mol. The molecule has 0 saturated carbocycles. The van der Waals surface area contributed by atoms with Crippen molar-refractivity contribution < 1.29 is 9.59 Å². The highest BCUT2D eigenvalue weighted by atomic mass is 16.2. The highest BCUT2D eigenvalue weighted by Gasteiger charge is 2.18. The fourth-order valence-corrected chi connectivity index (χ4v) is 3.19. The second kappa shape index (κ2) is 9.85. The summed E-state index contributed by atoms with van der Waals surface area (Å²) in [6.45, 7) is 4.03. The number of hydrogen-bond acceptors (Lipinski definition) is 4. The van der Waals surface area contributed by atoms with Crippen LogP contribution >= 0.6 is 0 Å². The topological polar surface area (TPSA) is 64.7 Å². The lowest BCUT2D eigenvalue weighted by Gasteiger charge is -2.21. The molecular weight excluding hydrogens is 340 g/mol. The molecule has 1 saturated heterocycles. The summed E-state index contributed by atoms with van der Waals surface area (Å²) >= 11 is 0. The molecule has 6 nitrogen and oxygen atoms in total. The van der Waals surface area contributed by atoms with Gasteiger partial charge in [0, 0.05) is 24.5 Å². The summed E-state index contributed by atoms with van der Waals surface area (Å²) in [4.78, 5) is 28.7. The van der Waals surface area contributed by atoms with Gasteiger partial charge in [0.15, 0.2) is 0 Å². The first-order chi connectivity index (χ1) is 13.2. The molecule has 1 heterocycles. The van der Waals surface area contributed by atoms with Gasteiger partial charge in [-0.25, -0.2) is 0 Å². The van der Waals surface area contributed by atoms with Gasteiger partial charge >= 0.3 is 0 Å². The summed E-state index contributed by atoms with van der Waals surface area (Å²) in [5.41, 5.74) is 1.63. The second-order valence-corrected chi connectivity index (χ2v) is 6.73. The van der Waals surface area contributed by atoms with Crippen LogP contribution in [-0.4, -0.2) is 60.9 Å². The van der Waals surface area contributed by atoms with Gasteiger partial charge in [0.25, 0.3) is 0 Å². The lowest BCUT2D eigenvalue weighted by molar-refractivity contribution is -0.118. The Kier molecular flexibility index (Phi) is 6.96. The van der Waals surface area contributed by atoms with E-state index < -0.39 is 0 Å². The highest BCUT2D eigenvalue weighted by Crippen LogP contribution is 2.08. The molecule has 1 aliphatic rings. The Bertz CT molecular complexity index is 673. The standard InChI is InChI=1S/C21H26N4O2/c26-20(22-18-8-3-1-4-9-18)16-24-12-7-13-25(15-14-24)17-21(27)23-19-10-5-2-6-11-19/h1-6,8-11H,7,12-17H2,(H,22,26)(H,23,27). The fraction of sp³-hybridized carbons (Fsp3) is 0.333. The minimum Gasteiger partial charge on any atom is -0.325 e. The zero-order valence-electron chi connectivity index (χ0n) is 15.4. The van der Waals surface area contributed by atoms with Crippen LogP contribution in [0, 0.1) is 0 Å². The molecule has 2 amide bonds. The van der Waals surface area contributed by atoms with Crippen LogP contribution in [0.5, 0.6) is 0 Å². The molecule has 0 atom stereocenters. The molecule has 142 valence electrons. The maximum absolute atomic E-state index is 12.2. The molecule has 0 bridgehead atoms. The third-order valence-electron chi connectivity index (χ3n) is 4.53. The summed E-state index contributed by atoms with van der Waals surface area (Å²) in [6.07, 6.45) is 0.942. The summed E-state index contributed by atoms with van der Waals surface area (Å²) in [5, 5.41) is 5.84. The lowest BCUT2D eigenvalue weighted by atomic mass is 10.3. The van der Waals surface area contributed by atoms with E-state index >= 15 is 0 Å². The van der Waals surface area contributed by atoms with Crippen molar-refractivity contribution in [1.29, 1.82) is 0 Å². The first-order valence-electron chi connectivity index (χ1n) is 9.33. The summed E-state index contributed by atoms with van der Waals surface area (Å²) < 4.78 is 0. The number of carbonyl (C=O) groups excluding carboxylic acids is 2. The maximum Gasteiger partial charge on any atom is 0.238 e. The van der Waals surface area contributed by atoms with E-state index in [1.807, 2.05) is 60.7 Å². The number of rotatable bonds is 6. The van der Waals surface area contributed by atoms with E-state index in [0.717, 1.165) is 44.0 Å². The number of anilines is 2. The molecule has 27 heavy (non-hydrogen) atoms. The quantitative estimate of drug-likeness (QED) is 0.823. The van der Waals surface area contributed by atoms with Crippen LogP contribution in [0.1, 0.15) is 6.42 Å². The van der Waals surface area contributed by atoms with Gasteiger partial charge < -0.3 is 10.6 Å². The van der Waals surface area contributed by atoms with Crippen molar-refractivity contribution >= 4 is 23.2 Å². The van der Waals surface area contributed by atoms with Gasteiger partial charge in [-0.2, -0.15) is 0 Å². The number of nitrogens with zero attached hydrogens (tertiary/aromatic N) is 2. The van der Waals surface area contributed by atoms with E-state index in [-0.39, 0.29) is 11.8 Å². The summed E-state index contributed by atoms with van der Waals surface area (Å²) in [6, 6.07) is 19.0. The van der Waals surface area contributed by atoms with E-state index in [1.165, 1.54) is 0 Å². The van der Waals surface area contributed by atoms with E-state index in [9.17, 15) is 9.59 Å². The first kappa shape index (κ1) is 19.1. The Morgan fingerprint density at radius 3 is 1.48 bits per heavy atom. The predicted octanol–water partition coefficient (Wildman–Crippen LogP) is 2.27.